The zero-order chi connectivity index (χ0) is 38.0. The van der Waals surface area contributed by atoms with Crippen molar-refractivity contribution in [2.24, 2.45) is 11.8 Å². The number of hydrazine groups is 1. The Kier molecular flexibility index (Phi) is 14.3. The van der Waals surface area contributed by atoms with E-state index in [9.17, 15) is 42.3 Å². The van der Waals surface area contributed by atoms with Gasteiger partial charge in [-0.05, 0) is 63.6 Å². The number of aromatic nitrogens is 1. The molecular formula is C35H47F3N6O7. The highest BCUT2D eigenvalue weighted by molar-refractivity contribution is 5.93. The first-order valence-corrected chi connectivity index (χ1v) is 16.9. The molecular weight excluding hydrogens is 673 g/mol. The number of ether oxygens (including phenoxy) is 1. The quantitative estimate of drug-likeness (QED) is 0.186. The summed E-state index contributed by atoms with van der Waals surface area (Å²) in [5.74, 6) is -3.62. The van der Waals surface area contributed by atoms with E-state index in [0.29, 0.717) is 36.6 Å². The van der Waals surface area contributed by atoms with Crippen LogP contribution in [0.15, 0.2) is 36.4 Å². The number of pyridine rings is 1. The number of carboxylic acids is 1. The van der Waals surface area contributed by atoms with E-state index < -0.39 is 77.8 Å². The first-order valence-electron chi connectivity index (χ1n) is 16.9. The fraction of sp³-hybridized carbons (Fsp3) is 0.543. The number of carboxylic acid groups (broad SMARTS) is 1. The van der Waals surface area contributed by atoms with Crippen molar-refractivity contribution in [1.29, 1.82) is 0 Å². The van der Waals surface area contributed by atoms with Crippen molar-refractivity contribution < 1.29 is 47.0 Å². The fourth-order valence-corrected chi connectivity index (χ4v) is 5.47. The van der Waals surface area contributed by atoms with Gasteiger partial charge in [0.2, 0.25) is 11.8 Å². The number of aliphatic carboxylic acids is 1. The summed E-state index contributed by atoms with van der Waals surface area (Å²) in [5, 5.41) is 18.3. The van der Waals surface area contributed by atoms with Crippen molar-refractivity contribution in [2.75, 3.05) is 6.54 Å². The fourth-order valence-electron chi connectivity index (χ4n) is 5.47. The Bertz CT molecular complexity index is 1600. The second-order valence-corrected chi connectivity index (χ2v) is 13.1. The molecule has 3 rings (SSSR count). The predicted molar refractivity (Wildman–Crippen MR) is 183 cm³/mol. The maximum absolute atomic E-state index is 13.9. The van der Waals surface area contributed by atoms with Gasteiger partial charge in [0.1, 0.15) is 18.1 Å². The molecule has 1 aliphatic heterocycles. The molecule has 1 unspecified atom stereocenters. The minimum atomic E-state index is -4.84. The van der Waals surface area contributed by atoms with Crippen LogP contribution < -0.4 is 21.4 Å². The number of hydrogen-bond acceptors (Lipinski definition) is 8. The molecule has 1 fully saturated rings. The number of amides is 4. The summed E-state index contributed by atoms with van der Waals surface area (Å²) in [7, 11) is 0. The number of hydrogen-bond donors (Lipinski definition) is 5. The second kappa shape index (κ2) is 18.0. The molecule has 4 amide bonds. The van der Waals surface area contributed by atoms with Crippen LogP contribution in [0, 0.1) is 11.8 Å². The van der Waals surface area contributed by atoms with Gasteiger partial charge in [-0.2, -0.15) is 13.2 Å². The predicted octanol–water partition coefficient (Wildman–Crippen LogP) is 4.63. The molecule has 1 saturated heterocycles. The maximum atomic E-state index is 13.9. The number of alkyl halides is 3. The van der Waals surface area contributed by atoms with E-state index in [1.807, 2.05) is 12.2 Å². The molecule has 0 bridgehead atoms. The summed E-state index contributed by atoms with van der Waals surface area (Å²) < 4.78 is 46.6. The summed E-state index contributed by atoms with van der Waals surface area (Å²) in [6, 6.07) is 2.31. The average Bonchev–Trinajstić information content (AvgIpc) is 3.06. The third-order valence-electron chi connectivity index (χ3n) is 8.15. The Labute approximate surface area is 294 Å². The van der Waals surface area contributed by atoms with E-state index in [2.05, 4.69) is 21.0 Å². The molecule has 5 N–H and O–H groups in total. The monoisotopic (exact) mass is 720 g/mol. The van der Waals surface area contributed by atoms with Gasteiger partial charge in [0.15, 0.2) is 6.04 Å². The molecule has 5 atom stereocenters. The number of fused-ring (bicyclic) bond motifs is 1. The van der Waals surface area contributed by atoms with Crippen LogP contribution in [0.25, 0.3) is 17.0 Å². The molecule has 1 aromatic carbocycles. The highest BCUT2D eigenvalue weighted by Gasteiger charge is 2.43. The summed E-state index contributed by atoms with van der Waals surface area (Å²) >= 11 is 0. The largest absolute Gasteiger partial charge is 0.480 e. The normalized spacial score (nSPS) is 17.5. The van der Waals surface area contributed by atoms with Crippen LogP contribution in [0.1, 0.15) is 84.5 Å². The Hall–Kier alpha value is -4.73. The zero-order valence-corrected chi connectivity index (χ0v) is 29.5. The number of alkyl carbamates (subject to hydrolysis) is 1. The molecule has 1 aromatic heterocycles. The van der Waals surface area contributed by atoms with Crippen molar-refractivity contribution in [3.63, 3.8) is 0 Å². The van der Waals surface area contributed by atoms with Gasteiger partial charge in [0.05, 0.1) is 23.2 Å². The lowest BCUT2D eigenvalue weighted by molar-refractivity contribution is -0.157. The number of rotatable bonds is 14. The molecule has 280 valence electrons. The summed E-state index contributed by atoms with van der Waals surface area (Å²) in [4.78, 5) is 67.3. The second-order valence-electron chi connectivity index (χ2n) is 13.1. The Morgan fingerprint density at radius 3 is 2.33 bits per heavy atom. The number of nitrogens with one attached hydrogen (secondary N) is 4. The van der Waals surface area contributed by atoms with Gasteiger partial charge in [-0.1, -0.05) is 57.5 Å². The number of nitrogens with zero attached hydrogens (tertiary/aromatic N) is 2. The number of benzene rings is 1. The highest BCUT2D eigenvalue weighted by Crippen LogP contribution is 2.33. The minimum absolute atomic E-state index is 0.234. The lowest BCUT2D eigenvalue weighted by Gasteiger charge is -2.34. The highest BCUT2D eigenvalue weighted by atomic mass is 19.4. The summed E-state index contributed by atoms with van der Waals surface area (Å²) in [6.45, 7) is 10.2. The molecule has 0 aliphatic carbocycles. The first-order chi connectivity index (χ1) is 23.9. The standard InChI is InChI=1S/C35H47F3N6O7/c1-7-9-24(30(45)41-28(19(2)3)31(46)39-21(6)32(47)44-17-8-10-26(43-44)33(48)49)14-12-22-11-13-23-15-16-25(40-27(23)18-22)29(35(36,37)38)42-34(50)51-20(4)5/h11-16,18-21,24,26,28-29,43H,7-10,17H2,1-6H3,(H,39,46)(H,41,45)(H,42,50)(H,48,49)/b14-12+/t21-,24?,26-,28-,29-/m0/s1. The van der Waals surface area contributed by atoms with Gasteiger partial charge in [0.25, 0.3) is 5.91 Å². The van der Waals surface area contributed by atoms with Crippen molar-refractivity contribution in [2.45, 2.75) is 104 Å². The van der Waals surface area contributed by atoms with Crippen LogP contribution in [0.3, 0.4) is 0 Å². The van der Waals surface area contributed by atoms with Crippen molar-refractivity contribution >= 4 is 46.8 Å². The maximum Gasteiger partial charge on any atom is 0.414 e. The third-order valence-corrected chi connectivity index (χ3v) is 8.15. The summed E-state index contributed by atoms with van der Waals surface area (Å²) in [6.07, 6.45) is -1.50. The van der Waals surface area contributed by atoms with E-state index in [1.54, 1.807) is 44.2 Å². The van der Waals surface area contributed by atoms with E-state index in [0.717, 1.165) is 0 Å². The molecule has 2 heterocycles. The number of halogens is 3. The number of carbonyl (C=O) groups excluding carboxylic acids is 4. The molecule has 16 heteroatoms. The van der Waals surface area contributed by atoms with E-state index in [4.69, 9.17) is 4.74 Å². The third kappa shape index (κ3) is 11.7. The molecule has 2 aromatic rings. The van der Waals surface area contributed by atoms with E-state index >= 15 is 0 Å². The van der Waals surface area contributed by atoms with Crippen LogP contribution in [0.2, 0.25) is 0 Å². The lowest BCUT2D eigenvalue weighted by Crippen LogP contribution is -2.60. The van der Waals surface area contributed by atoms with Crippen LogP contribution in [-0.2, 0) is 23.9 Å². The average molecular weight is 721 g/mol. The molecule has 1 aliphatic rings. The molecule has 13 nitrogen and oxygen atoms in total. The van der Waals surface area contributed by atoms with Crippen molar-refractivity contribution in [3.8, 4) is 0 Å². The first kappa shape index (κ1) is 40.7. The van der Waals surface area contributed by atoms with Crippen LogP contribution in [0.4, 0.5) is 18.0 Å². The van der Waals surface area contributed by atoms with Gasteiger partial charge in [-0.15, -0.1) is 0 Å². The number of carbonyl (C=O) groups is 5. The van der Waals surface area contributed by atoms with Gasteiger partial charge in [-0.25, -0.2) is 10.2 Å². The smallest absolute Gasteiger partial charge is 0.414 e. The Balaban J connectivity index is 1.75. The van der Waals surface area contributed by atoms with Gasteiger partial charge in [0, 0.05) is 11.9 Å². The SMILES string of the molecule is CCCC(/C=C/c1ccc2ccc([C@H](NC(=O)OC(C)C)C(F)(F)F)nc2c1)C(=O)N[C@H](C(=O)N[C@@H](C)C(=O)N1CCC[C@@H](C(=O)O)N1)C(C)C. The molecule has 51 heavy (non-hydrogen) atoms. The van der Waals surface area contributed by atoms with Gasteiger partial charge < -0.3 is 25.8 Å². The lowest BCUT2D eigenvalue weighted by atomic mass is 9.97. The molecule has 0 spiro atoms. The minimum Gasteiger partial charge on any atom is -0.480 e. The van der Waals surface area contributed by atoms with Crippen molar-refractivity contribution in [3.05, 3.63) is 47.7 Å². The Morgan fingerprint density at radius 2 is 1.73 bits per heavy atom. The van der Waals surface area contributed by atoms with Gasteiger partial charge in [-0.3, -0.25) is 29.2 Å². The molecule has 0 radical (unpaired) electrons. The van der Waals surface area contributed by atoms with Crippen LogP contribution >= 0.6 is 0 Å². The van der Waals surface area contributed by atoms with Gasteiger partial charge >= 0.3 is 18.2 Å². The van der Waals surface area contributed by atoms with E-state index in [1.165, 1.54) is 37.9 Å². The van der Waals surface area contributed by atoms with Crippen molar-refractivity contribution in [1.82, 2.24) is 31.4 Å². The summed E-state index contributed by atoms with van der Waals surface area (Å²) in [5.41, 5.74) is 3.03. The van der Waals surface area contributed by atoms with E-state index in [-0.39, 0.29) is 18.0 Å². The zero-order valence-electron chi connectivity index (χ0n) is 29.5. The molecule has 0 saturated carbocycles. The Morgan fingerprint density at radius 1 is 1.04 bits per heavy atom. The van der Waals surface area contributed by atoms with Crippen LogP contribution in [-0.4, -0.2) is 81.8 Å². The topological polar surface area (TPSA) is 179 Å². The van der Waals surface area contributed by atoms with Crippen LogP contribution in [0.5, 0.6) is 0 Å².